The molecule has 0 saturated heterocycles. The Morgan fingerprint density at radius 3 is 2.34 bits per heavy atom. The van der Waals surface area contributed by atoms with Gasteiger partial charge in [-0.3, -0.25) is 9.10 Å². The molecule has 0 saturated carbocycles. The van der Waals surface area contributed by atoms with Crippen LogP contribution in [-0.2, 0) is 16.4 Å². The quantitative estimate of drug-likeness (QED) is 0.639. The van der Waals surface area contributed by atoms with Crippen LogP contribution in [0.15, 0.2) is 64.9 Å². The number of thiophene rings is 1. The van der Waals surface area contributed by atoms with Crippen LogP contribution >= 0.6 is 11.3 Å². The number of aryl methyl sites for hydroxylation is 1. The molecule has 29 heavy (non-hydrogen) atoms. The molecule has 0 radical (unpaired) electrons. The molecule has 0 fully saturated rings. The largest absolute Gasteiger partial charge is 0.321 e. The molecule has 0 aliphatic heterocycles. The van der Waals surface area contributed by atoms with E-state index >= 15 is 0 Å². The second-order valence-corrected chi connectivity index (χ2v) is 9.10. The molecule has 1 amide bonds. The molecule has 148 valence electrons. The van der Waals surface area contributed by atoms with Crippen molar-refractivity contribution in [3.8, 4) is 6.07 Å². The van der Waals surface area contributed by atoms with Gasteiger partial charge in [0.2, 0.25) is 0 Å². The maximum absolute atomic E-state index is 13.1. The fourth-order valence-electron chi connectivity index (χ4n) is 2.71. The molecule has 6 nitrogen and oxygen atoms in total. The Kier molecular flexibility index (Phi) is 6.01. The summed E-state index contributed by atoms with van der Waals surface area (Å²) in [5.74, 6) is -0.516. The molecule has 0 atom stereocenters. The predicted molar refractivity (Wildman–Crippen MR) is 115 cm³/mol. The van der Waals surface area contributed by atoms with Crippen molar-refractivity contribution in [3.05, 3.63) is 76.0 Å². The summed E-state index contributed by atoms with van der Waals surface area (Å²) in [6.07, 6.45) is 0.862. The first-order valence-corrected chi connectivity index (χ1v) is 11.2. The molecule has 0 spiro atoms. The third-order valence-electron chi connectivity index (χ3n) is 4.45. The van der Waals surface area contributed by atoms with E-state index in [4.69, 9.17) is 5.26 Å². The Morgan fingerprint density at radius 1 is 1.10 bits per heavy atom. The van der Waals surface area contributed by atoms with Crippen molar-refractivity contribution in [2.75, 3.05) is 16.7 Å². The minimum absolute atomic E-state index is 0.0456. The fraction of sp³-hybridized carbons (Fsp3) is 0.143. The van der Waals surface area contributed by atoms with E-state index < -0.39 is 15.9 Å². The van der Waals surface area contributed by atoms with Crippen LogP contribution in [0.3, 0.4) is 0 Å². The highest BCUT2D eigenvalue weighted by molar-refractivity contribution is 7.93. The van der Waals surface area contributed by atoms with Crippen LogP contribution in [0.2, 0.25) is 0 Å². The second-order valence-electron chi connectivity index (χ2n) is 6.25. The normalized spacial score (nSPS) is 10.9. The molecule has 1 heterocycles. The van der Waals surface area contributed by atoms with Crippen LogP contribution in [0.1, 0.15) is 27.7 Å². The molecule has 0 aliphatic rings. The minimum Gasteiger partial charge on any atom is -0.321 e. The van der Waals surface area contributed by atoms with Gasteiger partial charge in [-0.25, -0.2) is 8.42 Å². The van der Waals surface area contributed by atoms with E-state index in [2.05, 4.69) is 5.32 Å². The standard InChI is InChI=1S/C21H19N3O3S2/c1-3-15-6-10-18(11-7-15)24(2)29(26,27)19-12-13-28-20(19)21(25)23-17-8-4-16(14-22)5-9-17/h4-13H,3H2,1-2H3,(H,23,25). The van der Waals surface area contributed by atoms with Gasteiger partial charge in [0.05, 0.1) is 17.3 Å². The van der Waals surface area contributed by atoms with Gasteiger partial charge in [0, 0.05) is 12.7 Å². The number of carbonyl (C=O) groups excluding carboxylic acids is 1. The number of rotatable bonds is 6. The molecule has 0 bridgehead atoms. The van der Waals surface area contributed by atoms with E-state index in [1.54, 1.807) is 41.8 Å². The molecular weight excluding hydrogens is 406 g/mol. The zero-order valence-electron chi connectivity index (χ0n) is 15.9. The van der Waals surface area contributed by atoms with E-state index in [0.29, 0.717) is 16.9 Å². The van der Waals surface area contributed by atoms with Crippen LogP contribution in [0.5, 0.6) is 0 Å². The van der Waals surface area contributed by atoms with E-state index in [-0.39, 0.29) is 9.77 Å². The van der Waals surface area contributed by atoms with Crippen molar-refractivity contribution >= 4 is 38.6 Å². The Hall–Kier alpha value is -3.15. The van der Waals surface area contributed by atoms with E-state index in [9.17, 15) is 13.2 Å². The van der Waals surface area contributed by atoms with E-state index in [1.165, 1.54) is 17.4 Å². The van der Waals surface area contributed by atoms with Gasteiger partial charge < -0.3 is 5.32 Å². The van der Waals surface area contributed by atoms with Crippen molar-refractivity contribution in [1.29, 1.82) is 5.26 Å². The SMILES string of the molecule is CCc1ccc(N(C)S(=O)(=O)c2ccsc2C(=O)Nc2ccc(C#N)cc2)cc1. The average molecular weight is 426 g/mol. The molecule has 1 N–H and O–H groups in total. The van der Waals surface area contributed by atoms with Crippen LogP contribution in [0.25, 0.3) is 0 Å². The maximum Gasteiger partial charge on any atom is 0.267 e. The monoisotopic (exact) mass is 425 g/mol. The highest BCUT2D eigenvalue weighted by atomic mass is 32.2. The van der Waals surface area contributed by atoms with Gasteiger partial charge in [-0.05, 0) is 59.8 Å². The Morgan fingerprint density at radius 2 is 1.76 bits per heavy atom. The third-order valence-corrected chi connectivity index (χ3v) is 7.32. The van der Waals surface area contributed by atoms with Crippen molar-refractivity contribution < 1.29 is 13.2 Å². The number of sulfonamides is 1. The first-order chi connectivity index (χ1) is 13.9. The van der Waals surface area contributed by atoms with Crippen LogP contribution in [-0.4, -0.2) is 21.4 Å². The summed E-state index contributed by atoms with van der Waals surface area (Å²) in [6, 6.07) is 17.1. The number of nitriles is 1. The van der Waals surface area contributed by atoms with Crippen LogP contribution in [0, 0.1) is 11.3 Å². The van der Waals surface area contributed by atoms with Crippen molar-refractivity contribution in [2.24, 2.45) is 0 Å². The lowest BCUT2D eigenvalue weighted by Gasteiger charge is -2.20. The highest BCUT2D eigenvalue weighted by Crippen LogP contribution is 2.29. The van der Waals surface area contributed by atoms with Crippen LogP contribution < -0.4 is 9.62 Å². The lowest BCUT2D eigenvalue weighted by atomic mass is 10.1. The van der Waals surface area contributed by atoms with Gasteiger partial charge in [0.25, 0.3) is 15.9 Å². The number of amides is 1. The molecule has 0 unspecified atom stereocenters. The summed E-state index contributed by atoms with van der Waals surface area (Å²) in [7, 11) is -2.44. The lowest BCUT2D eigenvalue weighted by Crippen LogP contribution is -2.28. The van der Waals surface area contributed by atoms with Crippen molar-refractivity contribution in [1.82, 2.24) is 0 Å². The van der Waals surface area contributed by atoms with Crippen molar-refractivity contribution in [2.45, 2.75) is 18.2 Å². The summed E-state index contributed by atoms with van der Waals surface area (Å²) in [5, 5.41) is 13.1. The average Bonchev–Trinajstić information content (AvgIpc) is 3.25. The van der Waals surface area contributed by atoms with Gasteiger partial charge in [-0.1, -0.05) is 19.1 Å². The third kappa shape index (κ3) is 4.31. The number of carbonyl (C=O) groups is 1. The second kappa shape index (κ2) is 8.47. The Bertz CT molecular complexity index is 1160. The van der Waals surface area contributed by atoms with Gasteiger partial charge in [-0.2, -0.15) is 5.26 Å². The molecule has 3 rings (SSSR count). The maximum atomic E-state index is 13.1. The molecule has 3 aromatic rings. The number of hydrogen-bond donors (Lipinski definition) is 1. The first kappa shape index (κ1) is 20.6. The number of hydrogen-bond acceptors (Lipinski definition) is 5. The first-order valence-electron chi connectivity index (χ1n) is 8.83. The minimum atomic E-state index is -3.91. The summed E-state index contributed by atoms with van der Waals surface area (Å²) >= 11 is 1.06. The highest BCUT2D eigenvalue weighted by Gasteiger charge is 2.28. The number of anilines is 2. The summed E-state index contributed by atoms with van der Waals surface area (Å²) < 4.78 is 27.4. The molecule has 8 heteroatoms. The number of benzene rings is 2. The molecule has 2 aromatic carbocycles. The van der Waals surface area contributed by atoms with Gasteiger partial charge in [0.1, 0.15) is 9.77 Å². The van der Waals surface area contributed by atoms with E-state index in [0.717, 1.165) is 23.3 Å². The zero-order chi connectivity index (χ0) is 21.0. The Balaban J connectivity index is 1.86. The summed E-state index contributed by atoms with van der Waals surface area (Å²) in [6.45, 7) is 2.03. The fourth-order valence-corrected chi connectivity index (χ4v) is 5.20. The molecule has 0 aliphatic carbocycles. The zero-order valence-corrected chi connectivity index (χ0v) is 17.5. The number of nitrogens with one attached hydrogen (secondary N) is 1. The lowest BCUT2D eigenvalue weighted by molar-refractivity contribution is 0.102. The van der Waals surface area contributed by atoms with Gasteiger partial charge in [-0.15, -0.1) is 11.3 Å². The van der Waals surface area contributed by atoms with Crippen molar-refractivity contribution in [3.63, 3.8) is 0 Å². The van der Waals surface area contributed by atoms with E-state index in [1.807, 2.05) is 25.1 Å². The topological polar surface area (TPSA) is 90.3 Å². The molecular formula is C21H19N3O3S2. The number of nitrogens with zero attached hydrogens (tertiary/aromatic N) is 2. The predicted octanol–water partition coefficient (Wildman–Crippen LogP) is 4.26. The summed E-state index contributed by atoms with van der Waals surface area (Å²) in [5.41, 5.74) is 2.58. The summed E-state index contributed by atoms with van der Waals surface area (Å²) in [4.78, 5) is 12.7. The molecule has 1 aromatic heterocycles. The smallest absolute Gasteiger partial charge is 0.267 e. The Labute approximate surface area is 174 Å². The van der Waals surface area contributed by atoms with Gasteiger partial charge >= 0.3 is 0 Å². The van der Waals surface area contributed by atoms with Gasteiger partial charge in [0.15, 0.2) is 0 Å². The van der Waals surface area contributed by atoms with Crippen LogP contribution in [0.4, 0.5) is 11.4 Å².